The lowest BCUT2D eigenvalue weighted by atomic mass is 9.89. The smallest absolute Gasteiger partial charge is 0.410 e. The fourth-order valence-corrected chi connectivity index (χ4v) is 2.30. The number of rotatable bonds is 2. The van der Waals surface area contributed by atoms with Crippen molar-refractivity contribution < 1.29 is 9.53 Å². The van der Waals surface area contributed by atoms with Gasteiger partial charge in [0.05, 0.1) is 0 Å². The number of carbonyl (C=O) groups excluding carboxylic acids is 1. The van der Waals surface area contributed by atoms with Crippen LogP contribution in [0.4, 0.5) is 4.79 Å². The number of nitrogens with one attached hydrogen (secondary N) is 1. The Kier molecular flexibility index (Phi) is 2.65. The summed E-state index contributed by atoms with van der Waals surface area (Å²) in [5.41, 5.74) is -0.0546. The molecule has 4 nitrogen and oxygen atoms in total. The lowest BCUT2D eigenvalue weighted by molar-refractivity contribution is -0.00841. The fraction of sp³-hybridized carbons (Fsp3) is 0.917. The standard InChI is InChI=1S/C12H22N2O2/c1-11(2,3)16-10(15)14-7-9(8-14)12(13-4)5-6-12/h9,13H,5-8H2,1-4H3. The number of nitrogens with zero attached hydrogens (tertiary/aromatic N) is 1. The molecule has 0 aromatic heterocycles. The highest BCUT2D eigenvalue weighted by molar-refractivity contribution is 5.69. The first kappa shape index (κ1) is 11.7. The molecule has 1 saturated heterocycles. The topological polar surface area (TPSA) is 41.6 Å². The predicted octanol–water partition coefficient (Wildman–Crippen LogP) is 1.61. The van der Waals surface area contributed by atoms with E-state index in [1.54, 1.807) is 4.90 Å². The molecule has 2 fully saturated rings. The van der Waals surface area contributed by atoms with E-state index in [0.29, 0.717) is 11.5 Å². The minimum absolute atomic E-state index is 0.171. The first-order valence-corrected chi connectivity index (χ1v) is 6.03. The van der Waals surface area contributed by atoms with Crippen molar-refractivity contribution >= 4 is 6.09 Å². The van der Waals surface area contributed by atoms with Gasteiger partial charge in [-0.25, -0.2) is 4.79 Å². The Morgan fingerprint density at radius 3 is 2.31 bits per heavy atom. The van der Waals surface area contributed by atoms with Gasteiger partial charge in [0.15, 0.2) is 0 Å². The number of amides is 1. The van der Waals surface area contributed by atoms with E-state index in [-0.39, 0.29) is 11.7 Å². The molecule has 0 atom stereocenters. The van der Waals surface area contributed by atoms with Crippen molar-refractivity contribution in [2.24, 2.45) is 5.92 Å². The van der Waals surface area contributed by atoms with Crippen LogP contribution in [0.1, 0.15) is 33.6 Å². The number of carbonyl (C=O) groups is 1. The number of likely N-dealkylation sites (tertiary alicyclic amines) is 1. The van der Waals surface area contributed by atoms with Crippen LogP contribution in [0.15, 0.2) is 0 Å². The average molecular weight is 226 g/mol. The zero-order chi connectivity index (χ0) is 12.0. The largest absolute Gasteiger partial charge is 0.444 e. The van der Waals surface area contributed by atoms with Gasteiger partial charge in [0.25, 0.3) is 0 Å². The van der Waals surface area contributed by atoms with Gasteiger partial charge in [-0.1, -0.05) is 0 Å². The third-order valence-electron chi connectivity index (χ3n) is 3.60. The molecule has 1 N–H and O–H groups in total. The van der Waals surface area contributed by atoms with Gasteiger partial charge in [-0.15, -0.1) is 0 Å². The first-order valence-electron chi connectivity index (χ1n) is 6.03. The highest BCUT2D eigenvalue weighted by Gasteiger charge is 2.53. The van der Waals surface area contributed by atoms with E-state index < -0.39 is 0 Å². The molecule has 4 heteroatoms. The van der Waals surface area contributed by atoms with Crippen molar-refractivity contribution in [2.75, 3.05) is 20.1 Å². The van der Waals surface area contributed by atoms with Gasteiger partial charge < -0.3 is 15.0 Å². The van der Waals surface area contributed by atoms with E-state index in [2.05, 4.69) is 5.32 Å². The van der Waals surface area contributed by atoms with Crippen LogP contribution in [0.5, 0.6) is 0 Å². The Labute approximate surface area is 97.3 Å². The van der Waals surface area contributed by atoms with Gasteiger partial charge in [-0.05, 0) is 40.7 Å². The molecule has 0 aromatic carbocycles. The van der Waals surface area contributed by atoms with E-state index in [9.17, 15) is 4.79 Å². The van der Waals surface area contributed by atoms with E-state index >= 15 is 0 Å². The van der Waals surface area contributed by atoms with Crippen molar-refractivity contribution in [1.29, 1.82) is 0 Å². The summed E-state index contributed by atoms with van der Waals surface area (Å²) in [5.74, 6) is 0.616. The molecular weight excluding hydrogens is 204 g/mol. The van der Waals surface area contributed by atoms with Crippen molar-refractivity contribution in [2.45, 2.75) is 44.8 Å². The Bertz CT molecular complexity index is 286. The molecule has 1 aliphatic carbocycles. The molecule has 1 aliphatic heterocycles. The molecule has 0 aromatic rings. The van der Waals surface area contributed by atoms with Gasteiger partial charge >= 0.3 is 6.09 Å². The third-order valence-corrected chi connectivity index (χ3v) is 3.60. The van der Waals surface area contributed by atoms with Crippen LogP contribution in [0.2, 0.25) is 0 Å². The molecule has 0 unspecified atom stereocenters. The van der Waals surface area contributed by atoms with E-state index in [1.165, 1.54) is 12.8 Å². The SMILES string of the molecule is CNC1(C2CN(C(=O)OC(C)(C)C)C2)CC1. The Morgan fingerprint density at radius 2 is 1.94 bits per heavy atom. The molecule has 1 amide bonds. The minimum Gasteiger partial charge on any atom is -0.444 e. The van der Waals surface area contributed by atoms with Crippen LogP contribution in [0.3, 0.4) is 0 Å². The van der Waals surface area contributed by atoms with Crippen molar-refractivity contribution in [3.63, 3.8) is 0 Å². The van der Waals surface area contributed by atoms with E-state index in [4.69, 9.17) is 4.74 Å². The van der Waals surface area contributed by atoms with Crippen LogP contribution < -0.4 is 5.32 Å². The maximum atomic E-state index is 11.7. The Balaban J connectivity index is 1.78. The monoisotopic (exact) mass is 226 g/mol. The number of hydrogen-bond acceptors (Lipinski definition) is 3. The lowest BCUT2D eigenvalue weighted by Crippen LogP contribution is -2.59. The molecule has 0 bridgehead atoms. The molecule has 1 saturated carbocycles. The van der Waals surface area contributed by atoms with Gasteiger partial charge in [-0.3, -0.25) is 0 Å². The van der Waals surface area contributed by atoms with Crippen LogP contribution >= 0.6 is 0 Å². The second-order valence-corrected chi connectivity index (χ2v) is 5.99. The van der Waals surface area contributed by atoms with Crippen LogP contribution in [-0.4, -0.2) is 42.3 Å². The maximum Gasteiger partial charge on any atom is 0.410 e. The van der Waals surface area contributed by atoms with Crippen molar-refractivity contribution in [3.05, 3.63) is 0 Å². The summed E-state index contributed by atoms with van der Waals surface area (Å²) in [4.78, 5) is 13.5. The summed E-state index contributed by atoms with van der Waals surface area (Å²) in [6, 6.07) is 0. The molecule has 0 radical (unpaired) electrons. The highest BCUT2D eigenvalue weighted by atomic mass is 16.6. The van der Waals surface area contributed by atoms with Gasteiger partial charge in [0.1, 0.15) is 5.60 Å². The quantitative estimate of drug-likeness (QED) is 0.777. The van der Waals surface area contributed by atoms with Crippen molar-refractivity contribution in [3.8, 4) is 0 Å². The highest BCUT2D eigenvalue weighted by Crippen LogP contribution is 2.45. The average Bonchev–Trinajstić information content (AvgIpc) is 2.79. The number of ether oxygens (including phenoxy) is 1. The van der Waals surface area contributed by atoms with Crippen LogP contribution in [0.25, 0.3) is 0 Å². The summed E-state index contributed by atoms with van der Waals surface area (Å²) in [6.07, 6.45) is 2.32. The van der Waals surface area contributed by atoms with Crippen LogP contribution in [-0.2, 0) is 4.74 Å². The fourth-order valence-electron chi connectivity index (χ4n) is 2.30. The van der Waals surface area contributed by atoms with Gasteiger partial charge in [-0.2, -0.15) is 0 Å². The molecule has 2 aliphatic rings. The van der Waals surface area contributed by atoms with Crippen LogP contribution in [0, 0.1) is 5.92 Å². The van der Waals surface area contributed by atoms with Crippen molar-refractivity contribution in [1.82, 2.24) is 10.2 Å². The molecule has 16 heavy (non-hydrogen) atoms. The predicted molar refractivity (Wildman–Crippen MR) is 62.3 cm³/mol. The second-order valence-electron chi connectivity index (χ2n) is 5.99. The zero-order valence-electron chi connectivity index (χ0n) is 10.7. The lowest BCUT2D eigenvalue weighted by Gasteiger charge is -2.43. The zero-order valence-corrected chi connectivity index (χ0v) is 10.7. The first-order chi connectivity index (χ1) is 7.36. The Hall–Kier alpha value is -0.770. The van der Waals surface area contributed by atoms with E-state index in [0.717, 1.165) is 13.1 Å². The van der Waals surface area contributed by atoms with Gasteiger partial charge in [0.2, 0.25) is 0 Å². The second kappa shape index (κ2) is 3.62. The third kappa shape index (κ3) is 2.17. The number of hydrogen-bond donors (Lipinski definition) is 1. The molecular formula is C12H22N2O2. The summed E-state index contributed by atoms with van der Waals surface area (Å²) in [6.45, 7) is 7.39. The summed E-state index contributed by atoms with van der Waals surface area (Å²) < 4.78 is 5.32. The van der Waals surface area contributed by atoms with Gasteiger partial charge in [0, 0.05) is 24.5 Å². The molecule has 92 valence electrons. The maximum absolute atomic E-state index is 11.7. The summed E-state index contributed by atoms with van der Waals surface area (Å²) >= 11 is 0. The molecule has 2 rings (SSSR count). The Morgan fingerprint density at radius 1 is 1.38 bits per heavy atom. The molecule has 1 heterocycles. The molecule has 0 spiro atoms. The summed E-state index contributed by atoms with van der Waals surface area (Å²) in [5, 5.41) is 3.38. The summed E-state index contributed by atoms with van der Waals surface area (Å²) in [7, 11) is 2.02. The van der Waals surface area contributed by atoms with E-state index in [1.807, 2.05) is 27.8 Å². The minimum atomic E-state index is -0.386. The normalized spacial score (nSPS) is 23.9.